The second-order valence-corrected chi connectivity index (χ2v) is 5.89. The lowest BCUT2D eigenvalue weighted by atomic mass is 9.83. The van der Waals surface area contributed by atoms with E-state index in [0.717, 1.165) is 30.9 Å². The zero-order valence-corrected chi connectivity index (χ0v) is 13.6. The molecule has 0 aromatic heterocycles. The first-order valence-electron chi connectivity index (χ1n) is 7.22. The van der Waals surface area contributed by atoms with Crippen LogP contribution in [-0.4, -0.2) is 32.7 Å². The third kappa shape index (κ3) is 5.56. The van der Waals surface area contributed by atoms with Gasteiger partial charge in [0.1, 0.15) is 5.75 Å². The Morgan fingerprint density at radius 2 is 2.10 bits per heavy atom. The lowest BCUT2D eigenvalue weighted by Gasteiger charge is -2.34. The van der Waals surface area contributed by atoms with E-state index in [0.29, 0.717) is 6.42 Å². The molecule has 2 N–H and O–H groups in total. The van der Waals surface area contributed by atoms with E-state index >= 15 is 0 Å². The molecule has 2 rings (SSSR count). The van der Waals surface area contributed by atoms with Crippen LogP contribution >= 0.6 is 12.4 Å². The molecule has 1 atom stereocenters. The van der Waals surface area contributed by atoms with Crippen molar-refractivity contribution in [3.8, 4) is 5.75 Å². The Hall–Kier alpha value is -1.26. The predicted octanol–water partition coefficient (Wildman–Crippen LogP) is 2.17. The Balaban J connectivity index is 0.00000220. The van der Waals surface area contributed by atoms with Gasteiger partial charge < -0.3 is 15.4 Å². The number of piperidine rings is 1. The summed E-state index contributed by atoms with van der Waals surface area (Å²) in [6, 6.07) is 7.63. The maximum absolute atomic E-state index is 12.0. The smallest absolute Gasteiger partial charge is 0.224 e. The first-order valence-corrected chi connectivity index (χ1v) is 7.22. The summed E-state index contributed by atoms with van der Waals surface area (Å²) in [4.78, 5) is 12.0. The Kier molecular flexibility index (Phi) is 6.99. The number of halogens is 1. The highest BCUT2D eigenvalue weighted by atomic mass is 35.5. The third-order valence-corrected chi connectivity index (χ3v) is 3.92. The molecule has 5 heteroatoms. The fourth-order valence-corrected chi connectivity index (χ4v) is 2.57. The minimum absolute atomic E-state index is 0. The van der Waals surface area contributed by atoms with Crippen molar-refractivity contribution < 1.29 is 9.53 Å². The highest BCUT2D eigenvalue weighted by Crippen LogP contribution is 2.24. The van der Waals surface area contributed by atoms with Crippen molar-refractivity contribution >= 4 is 18.3 Å². The van der Waals surface area contributed by atoms with E-state index in [4.69, 9.17) is 4.74 Å². The van der Waals surface area contributed by atoms with Gasteiger partial charge in [-0.15, -0.1) is 12.4 Å². The van der Waals surface area contributed by atoms with Gasteiger partial charge in [0.15, 0.2) is 0 Å². The van der Waals surface area contributed by atoms with Gasteiger partial charge in [0.2, 0.25) is 5.91 Å². The normalized spacial score (nSPS) is 21.2. The van der Waals surface area contributed by atoms with Crippen molar-refractivity contribution in [3.63, 3.8) is 0 Å². The van der Waals surface area contributed by atoms with Crippen LogP contribution in [0.1, 0.15) is 25.3 Å². The van der Waals surface area contributed by atoms with Gasteiger partial charge in [0.25, 0.3) is 0 Å². The van der Waals surface area contributed by atoms with E-state index in [-0.39, 0.29) is 23.7 Å². The molecule has 0 radical (unpaired) electrons. The second-order valence-electron chi connectivity index (χ2n) is 5.89. The Labute approximate surface area is 133 Å². The second kappa shape index (κ2) is 8.25. The molecule has 0 saturated carbocycles. The largest absolute Gasteiger partial charge is 0.497 e. The highest BCUT2D eigenvalue weighted by Gasteiger charge is 2.26. The lowest BCUT2D eigenvalue weighted by molar-refractivity contribution is -0.121. The van der Waals surface area contributed by atoms with Crippen LogP contribution in [-0.2, 0) is 11.2 Å². The number of amides is 1. The molecule has 1 unspecified atom stereocenters. The number of benzene rings is 1. The molecule has 0 aliphatic carbocycles. The van der Waals surface area contributed by atoms with Crippen molar-refractivity contribution in [3.05, 3.63) is 29.8 Å². The summed E-state index contributed by atoms with van der Waals surface area (Å²) in [5, 5.41) is 6.46. The minimum atomic E-state index is 0. The van der Waals surface area contributed by atoms with Gasteiger partial charge >= 0.3 is 0 Å². The van der Waals surface area contributed by atoms with Crippen LogP contribution in [0.3, 0.4) is 0 Å². The Bertz CT molecular complexity index is 442. The molecule has 1 amide bonds. The number of methoxy groups -OCH3 is 1. The van der Waals surface area contributed by atoms with Gasteiger partial charge in [0, 0.05) is 13.1 Å². The molecular formula is C16H25ClN2O2. The van der Waals surface area contributed by atoms with Gasteiger partial charge in [-0.25, -0.2) is 0 Å². The van der Waals surface area contributed by atoms with Gasteiger partial charge in [-0.05, 0) is 42.5 Å². The van der Waals surface area contributed by atoms with Crippen molar-refractivity contribution in [1.29, 1.82) is 0 Å². The quantitative estimate of drug-likeness (QED) is 0.876. The van der Waals surface area contributed by atoms with Crippen LogP contribution in [0.25, 0.3) is 0 Å². The molecule has 1 aliphatic heterocycles. The number of nitrogens with one attached hydrogen (secondary N) is 2. The van der Waals surface area contributed by atoms with Crippen LogP contribution < -0.4 is 15.4 Å². The van der Waals surface area contributed by atoms with Crippen LogP contribution in [0.4, 0.5) is 0 Å². The van der Waals surface area contributed by atoms with Crippen LogP contribution in [0.2, 0.25) is 0 Å². The van der Waals surface area contributed by atoms with Crippen molar-refractivity contribution in [2.75, 3.05) is 26.7 Å². The molecule has 0 bridgehead atoms. The monoisotopic (exact) mass is 312 g/mol. The van der Waals surface area contributed by atoms with E-state index < -0.39 is 0 Å². The lowest BCUT2D eigenvalue weighted by Crippen LogP contribution is -2.45. The van der Waals surface area contributed by atoms with Crippen molar-refractivity contribution in [2.24, 2.45) is 5.41 Å². The van der Waals surface area contributed by atoms with Crippen LogP contribution in [0.15, 0.2) is 24.3 Å². The molecular weight excluding hydrogens is 288 g/mol. The van der Waals surface area contributed by atoms with Gasteiger partial charge in [-0.1, -0.05) is 19.1 Å². The average molecular weight is 313 g/mol. The summed E-state index contributed by atoms with van der Waals surface area (Å²) in [5.41, 5.74) is 1.20. The topological polar surface area (TPSA) is 50.4 Å². The van der Waals surface area contributed by atoms with Crippen molar-refractivity contribution in [2.45, 2.75) is 26.2 Å². The number of ether oxygens (including phenoxy) is 1. The predicted molar refractivity (Wildman–Crippen MR) is 87.2 cm³/mol. The maximum atomic E-state index is 12.0. The molecule has 4 nitrogen and oxygen atoms in total. The average Bonchev–Trinajstić information content (AvgIpc) is 2.47. The molecule has 0 spiro atoms. The SMILES string of the molecule is COc1ccc(CC(=O)NCC2(C)CCCNC2)cc1.Cl. The molecule has 1 aliphatic rings. The first kappa shape index (κ1) is 17.8. The molecule has 1 aromatic rings. The maximum Gasteiger partial charge on any atom is 0.224 e. The molecule has 1 fully saturated rings. The highest BCUT2D eigenvalue weighted by molar-refractivity contribution is 5.85. The fourth-order valence-electron chi connectivity index (χ4n) is 2.57. The van der Waals surface area contributed by atoms with Gasteiger partial charge in [0.05, 0.1) is 13.5 Å². The van der Waals surface area contributed by atoms with Gasteiger partial charge in [-0.3, -0.25) is 4.79 Å². The first-order chi connectivity index (χ1) is 9.61. The number of hydrogen-bond donors (Lipinski definition) is 2. The zero-order chi connectivity index (χ0) is 14.4. The molecule has 1 aromatic carbocycles. The van der Waals surface area contributed by atoms with Crippen LogP contribution in [0.5, 0.6) is 5.75 Å². The molecule has 1 heterocycles. The number of carbonyl (C=O) groups excluding carboxylic acids is 1. The van der Waals surface area contributed by atoms with Crippen molar-refractivity contribution in [1.82, 2.24) is 10.6 Å². The summed E-state index contributed by atoms with van der Waals surface area (Å²) >= 11 is 0. The third-order valence-electron chi connectivity index (χ3n) is 3.92. The number of carbonyl (C=O) groups is 1. The number of hydrogen-bond acceptors (Lipinski definition) is 3. The van der Waals surface area contributed by atoms with E-state index in [1.165, 1.54) is 12.8 Å². The molecule has 118 valence electrons. The molecule has 1 saturated heterocycles. The van der Waals surface area contributed by atoms with E-state index in [2.05, 4.69) is 17.6 Å². The van der Waals surface area contributed by atoms with E-state index in [1.54, 1.807) is 7.11 Å². The summed E-state index contributed by atoms with van der Waals surface area (Å²) in [6.45, 7) is 5.05. The fraction of sp³-hybridized carbons (Fsp3) is 0.562. The summed E-state index contributed by atoms with van der Waals surface area (Å²) in [6.07, 6.45) is 2.78. The zero-order valence-electron chi connectivity index (χ0n) is 12.8. The van der Waals surface area contributed by atoms with E-state index in [9.17, 15) is 4.79 Å². The minimum Gasteiger partial charge on any atom is -0.497 e. The summed E-state index contributed by atoms with van der Waals surface area (Å²) in [5.74, 6) is 0.900. The Morgan fingerprint density at radius 1 is 1.38 bits per heavy atom. The summed E-state index contributed by atoms with van der Waals surface area (Å²) in [7, 11) is 1.64. The summed E-state index contributed by atoms with van der Waals surface area (Å²) < 4.78 is 5.11. The molecule has 21 heavy (non-hydrogen) atoms. The number of rotatable bonds is 5. The Morgan fingerprint density at radius 3 is 2.67 bits per heavy atom. The standard InChI is InChI=1S/C16H24N2O2.ClH/c1-16(8-3-9-17-11-16)12-18-15(19)10-13-4-6-14(20-2)7-5-13;/h4-7,17H,3,8-12H2,1-2H3,(H,18,19);1H. The van der Waals surface area contributed by atoms with E-state index in [1.807, 2.05) is 24.3 Å². The van der Waals surface area contributed by atoms with Crippen LogP contribution in [0, 0.1) is 5.41 Å². The van der Waals surface area contributed by atoms with Gasteiger partial charge in [-0.2, -0.15) is 0 Å².